The van der Waals surface area contributed by atoms with Crippen LogP contribution in [0.4, 0.5) is 5.82 Å². The Kier molecular flexibility index (Phi) is 5.13. The molecule has 1 aromatic carbocycles. The lowest BCUT2D eigenvalue weighted by Gasteiger charge is -2.33. The van der Waals surface area contributed by atoms with Crippen LogP contribution in [0.5, 0.6) is 0 Å². The van der Waals surface area contributed by atoms with Crippen molar-refractivity contribution in [2.45, 2.75) is 13.5 Å². The third kappa shape index (κ3) is 4.31. The molecule has 2 heterocycles. The molecule has 0 unspecified atom stereocenters. The van der Waals surface area contributed by atoms with Crippen LogP contribution in [0.3, 0.4) is 0 Å². The molecule has 0 saturated carbocycles. The van der Waals surface area contributed by atoms with Crippen LogP contribution in [0.1, 0.15) is 11.3 Å². The summed E-state index contributed by atoms with van der Waals surface area (Å²) in [5, 5.41) is 0. The maximum Gasteiger partial charge on any atom is 0.302 e. The number of nitrogens with zero attached hydrogens (tertiary/aromatic N) is 3. The van der Waals surface area contributed by atoms with Crippen LogP contribution in [0, 0.1) is 6.92 Å². The van der Waals surface area contributed by atoms with Crippen molar-refractivity contribution in [3.05, 3.63) is 59.8 Å². The lowest BCUT2D eigenvalue weighted by Crippen LogP contribution is -2.49. The fourth-order valence-electron chi connectivity index (χ4n) is 2.77. The molecule has 1 N–H and O–H groups in total. The van der Waals surface area contributed by atoms with E-state index in [-0.39, 0.29) is 0 Å². The topological polar surface area (TPSA) is 65.5 Å². The Morgan fingerprint density at radius 3 is 2.38 bits per heavy atom. The summed E-state index contributed by atoms with van der Waals surface area (Å²) in [6, 6.07) is 15.5. The average Bonchev–Trinajstić information content (AvgIpc) is 2.56. The molecule has 0 radical (unpaired) electrons. The fourth-order valence-corrected chi connectivity index (χ4v) is 3.92. The number of rotatable bonds is 5. The smallest absolute Gasteiger partial charge is 0.296 e. The molecule has 0 bridgehead atoms. The maximum absolute atomic E-state index is 12.5. The Bertz CT molecular complexity index is 772. The molecule has 1 aliphatic heterocycles. The molecule has 1 aromatic heterocycles. The van der Waals surface area contributed by atoms with E-state index in [1.165, 1.54) is 9.87 Å². The summed E-state index contributed by atoms with van der Waals surface area (Å²) < 4.78 is 29.0. The monoisotopic (exact) mass is 346 g/mol. The highest BCUT2D eigenvalue weighted by atomic mass is 32.2. The Morgan fingerprint density at radius 2 is 1.71 bits per heavy atom. The number of hydrogen-bond acceptors (Lipinski definition) is 4. The molecule has 2 aromatic rings. The van der Waals surface area contributed by atoms with Gasteiger partial charge < -0.3 is 0 Å². The zero-order valence-corrected chi connectivity index (χ0v) is 14.5. The zero-order chi connectivity index (χ0) is 17.0. The summed E-state index contributed by atoms with van der Waals surface area (Å²) in [6.45, 7) is 5.08. The van der Waals surface area contributed by atoms with E-state index in [9.17, 15) is 8.42 Å². The minimum Gasteiger partial charge on any atom is -0.296 e. The van der Waals surface area contributed by atoms with Crippen molar-refractivity contribution in [3.63, 3.8) is 0 Å². The summed E-state index contributed by atoms with van der Waals surface area (Å²) in [6.07, 6.45) is 0. The molecule has 0 atom stereocenters. The van der Waals surface area contributed by atoms with Crippen LogP contribution < -0.4 is 4.72 Å². The van der Waals surface area contributed by atoms with Gasteiger partial charge in [0, 0.05) is 38.4 Å². The van der Waals surface area contributed by atoms with E-state index in [4.69, 9.17) is 0 Å². The molecule has 1 fully saturated rings. The molecule has 24 heavy (non-hydrogen) atoms. The third-order valence-electron chi connectivity index (χ3n) is 4.04. The molecule has 0 spiro atoms. The zero-order valence-electron chi connectivity index (χ0n) is 13.7. The molecule has 1 saturated heterocycles. The predicted octanol–water partition coefficient (Wildman–Crippen LogP) is 1.86. The number of hydrogen-bond donors (Lipinski definition) is 1. The van der Waals surface area contributed by atoms with Gasteiger partial charge in [0.05, 0.1) is 0 Å². The van der Waals surface area contributed by atoms with Gasteiger partial charge in [0.2, 0.25) is 0 Å². The molecule has 3 rings (SSSR count). The Labute approximate surface area is 143 Å². The largest absolute Gasteiger partial charge is 0.302 e. The van der Waals surface area contributed by atoms with Crippen molar-refractivity contribution in [2.75, 3.05) is 30.9 Å². The third-order valence-corrected chi connectivity index (χ3v) is 5.55. The number of piperazine rings is 1. The van der Waals surface area contributed by atoms with Crippen molar-refractivity contribution in [1.82, 2.24) is 14.2 Å². The van der Waals surface area contributed by atoms with Crippen molar-refractivity contribution < 1.29 is 8.42 Å². The summed E-state index contributed by atoms with van der Waals surface area (Å²) in [5.74, 6) is 0.363. The highest BCUT2D eigenvalue weighted by molar-refractivity contribution is 7.90. The van der Waals surface area contributed by atoms with Crippen LogP contribution >= 0.6 is 0 Å². The first-order chi connectivity index (χ1) is 11.5. The highest BCUT2D eigenvalue weighted by Crippen LogP contribution is 2.14. The molecular formula is C17H22N4O2S. The maximum atomic E-state index is 12.5. The van der Waals surface area contributed by atoms with Crippen molar-refractivity contribution >= 4 is 16.0 Å². The summed E-state index contributed by atoms with van der Waals surface area (Å²) >= 11 is 0. The standard InChI is InChI=1S/C17H22N4O2S/c1-15-6-5-9-17(18-15)19-24(22,23)21-12-10-20(11-13-21)14-16-7-3-2-4-8-16/h2-9H,10-14H2,1H3,(H,18,19). The second-order valence-corrected chi connectivity index (χ2v) is 7.60. The fraction of sp³-hybridized carbons (Fsp3) is 0.353. The first kappa shape index (κ1) is 16.9. The first-order valence-corrected chi connectivity index (χ1v) is 9.45. The van der Waals surface area contributed by atoms with Crippen LogP contribution in [0.25, 0.3) is 0 Å². The minimum atomic E-state index is -3.56. The Balaban J connectivity index is 1.57. The van der Waals surface area contributed by atoms with Gasteiger partial charge in [-0.05, 0) is 24.6 Å². The van der Waals surface area contributed by atoms with E-state index in [1.54, 1.807) is 12.1 Å². The molecule has 1 aliphatic rings. The summed E-state index contributed by atoms with van der Waals surface area (Å²) in [4.78, 5) is 6.47. The number of nitrogens with one attached hydrogen (secondary N) is 1. The number of aromatic nitrogens is 1. The lowest BCUT2D eigenvalue weighted by atomic mass is 10.2. The van der Waals surface area contributed by atoms with Crippen molar-refractivity contribution in [1.29, 1.82) is 0 Å². The minimum absolute atomic E-state index is 0.363. The van der Waals surface area contributed by atoms with Gasteiger partial charge in [-0.2, -0.15) is 12.7 Å². The molecular weight excluding hydrogens is 324 g/mol. The number of pyridine rings is 1. The summed E-state index contributed by atoms with van der Waals surface area (Å²) in [7, 11) is -3.56. The van der Waals surface area contributed by atoms with Gasteiger partial charge in [0.15, 0.2) is 0 Å². The van der Waals surface area contributed by atoms with Crippen LogP contribution in [0.2, 0.25) is 0 Å². The first-order valence-electron chi connectivity index (χ1n) is 8.01. The Morgan fingerprint density at radius 1 is 1.00 bits per heavy atom. The Hall–Kier alpha value is -1.96. The second-order valence-electron chi connectivity index (χ2n) is 5.93. The molecule has 0 aliphatic carbocycles. The lowest BCUT2D eigenvalue weighted by molar-refractivity contribution is 0.182. The normalized spacial score (nSPS) is 16.9. The molecule has 6 nitrogen and oxygen atoms in total. The van der Waals surface area contributed by atoms with Gasteiger partial charge in [-0.1, -0.05) is 36.4 Å². The number of benzene rings is 1. The molecule has 128 valence electrons. The van der Waals surface area contributed by atoms with Gasteiger partial charge >= 0.3 is 10.2 Å². The van der Waals surface area contributed by atoms with Crippen LogP contribution in [-0.4, -0.2) is 48.8 Å². The van der Waals surface area contributed by atoms with Crippen molar-refractivity contribution in [3.8, 4) is 0 Å². The van der Waals surface area contributed by atoms with Gasteiger partial charge in [-0.3, -0.25) is 9.62 Å². The van der Waals surface area contributed by atoms with E-state index in [0.29, 0.717) is 18.9 Å². The van der Waals surface area contributed by atoms with E-state index < -0.39 is 10.2 Å². The van der Waals surface area contributed by atoms with Gasteiger partial charge in [0.25, 0.3) is 0 Å². The van der Waals surface area contributed by atoms with Gasteiger partial charge in [-0.25, -0.2) is 4.98 Å². The SMILES string of the molecule is Cc1cccc(NS(=O)(=O)N2CCN(Cc3ccccc3)CC2)n1. The van der Waals surface area contributed by atoms with Crippen LogP contribution in [-0.2, 0) is 16.8 Å². The predicted molar refractivity (Wildman–Crippen MR) is 94.8 cm³/mol. The van der Waals surface area contributed by atoms with Gasteiger partial charge in [-0.15, -0.1) is 0 Å². The van der Waals surface area contributed by atoms with E-state index in [2.05, 4.69) is 26.7 Å². The van der Waals surface area contributed by atoms with Gasteiger partial charge in [0.1, 0.15) is 5.82 Å². The highest BCUT2D eigenvalue weighted by Gasteiger charge is 2.27. The number of aryl methyl sites for hydroxylation is 1. The van der Waals surface area contributed by atoms with Crippen molar-refractivity contribution in [2.24, 2.45) is 0 Å². The molecule has 0 amide bonds. The van der Waals surface area contributed by atoms with E-state index in [1.807, 2.05) is 31.2 Å². The second kappa shape index (κ2) is 7.29. The van der Waals surface area contributed by atoms with E-state index in [0.717, 1.165) is 25.3 Å². The van der Waals surface area contributed by atoms with E-state index >= 15 is 0 Å². The molecule has 7 heteroatoms. The average molecular weight is 346 g/mol. The summed E-state index contributed by atoms with van der Waals surface area (Å²) in [5.41, 5.74) is 2.03. The van der Waals surface area contributed by atoms with Crippen LogP contribution in [0.15, 0.2) is 48.5 Å². The number of anilines is 1. The quantitative estimate of drug-likeness (QED) is 0.897.